The van der Waals surface area contributed by atoms with Gasteiger partial charge in [0.2, 0.25) is 5.91 Å². The van der Waals surface area contributed by atoms with Crippen molar-refractivity contribution in [2.45, 2.75) is 26.8 Å². The Morgan fingerprint density at radius 2 is 2.29 bits per heavy atom. The first-order chi connectivity index (χ1) is 8.03. The average Bonchev–Trinajstić information content (AvgIpc) is 2.26. The summed E-state index contributed by atoms with van der Waals surface area (Å²) in [4.78, 5) is 16.3. The lowest BCUT2D eigenvalue weighted by molar-refractivity contribution is -0.158. The molecule has 1 unspecified atom stereocenters. The van der Waals surface area contributed by atoms with Crippen LogP contribution in [0.5, 0.6) is 0 Å². The zero-order chi connectivity index (χ0) is 12.5. The van der Waals surface area contributed by atoms with Gasteiger partial charge < -0.3 is 10.1 Å². The Morgan fingerprint density at radius 3 is 2.82 bits per heavy atom. The van der Waals surface area contributed by atoms with Crippen LogP contribution in [0.15, 0.2) is 18.3 Å². The number of ether oxygens (including phenoxy) is 1. The summed E-state index contributed by atoms with van der Waals surface area (Å²) in [6.07, 6.45) is 1.75. The van der Waals surface area contributed by atoms with Gasteiger partial charge in [-0.3, -0.25) is 9.78 Å². The first-order valence-corrected chi connectivity index (χ1v) is 5.83. The third-order valence-corrected chi connectivity index (χ3v) is 3.20. The first-order valence-electron chi connectivity index (χ1n) is 5.83. The molecule has 1 atom stereocenters. The molecule has 2 heterocycles. The maximum absolute atomic E-state index is 12.0. The van der Waals surface area contributed by atoms with Crippen LogP contribution in [0, 0.1) is 12.3 Å². The number of nitrogens with one attached hydrogen (secondary N) is 1. The predicted molar refractivity (Wildman–Crippen MR) is 64.5 cm³/mol. The minimum absolute atomic E-state index is 0.0429. The van der Waals surface area contributed by atoms with Crippen LogP contribution in [0.1, 0.15) is 31.1 Å². The highest BCUT2D eigenvalue weighted by atomic mass is 16.5. The van der Waals surface area contributed by atoms with Crippen LogP contribution in [-0.4, -0.2) is 24.1 Å². The molecule has 1 aromatic heterocycles. The predicted octanol–water partition coefficient (Wildman–Crippen LogP) is 1.60. The summed E-state index contributed by atoms with van der Waals surface area (Å²) in [7, 11) is 0. The topological polar surface area (TPSA) is 51.2 Å². The molecule has 4 heteroatoms. The average molecular weight is 234 g/mol. The van der Waals surface area contributed by atoms with E-state index in [0.717, 1.165) is 11.3 Å². The van der Waals surface area contributed by atoms with E-state index in [1.54, 1.807) is 6.20 Å². The van der Waals surface area contributed by atoms with Crippen molar-refractivity contribution in [1.82, 2.24) is 10.3 Å². The third-order valence-electron chi connectivity index (χ3n) is 3.20. The number of aromatic nitrogens is 1. The van der Waals surface area contributed by atoms with Gasteiger partial charge in [0.25, 0.3) is 0 Å². The number of hydrogen-bond donors (Lipinski definition) is 1. The molecule has 0 radical (unpaired) electrons. The van der Waals surface area contributed by atoms with Crippen molar-refractivity contribution >= 4 is 5.91 Å². The van der Waals surface area contributed by atoms with Gasteiger partial charge in [0.05, 0.1) is 30.4 Å². The molecule has 92 valence electrons. The molecule has 0 aromatic carbocycles. The van der Waals surface area contributed by atoms with Crippen LogP contribution >= 0.6 is 0 Å². The monoisotopic (exact) mass is 234 g/mol. The normalized spacial score (nSPS) is 19.2. The summed E-state index contributed by atoms with van der Waals surface area (Å²) in [6, 6.07) is 3.83. The van der Waals surface area contributed by atoms with Crippen molar-refractivity contribution in [2.75, 3.05) is 13.2 Å². The number of aryl methyl sites for hydroxylation is 1. The zero-order valence-electron chi connectivity index (χ0n) is 10.5. The molecule has 1 amide bonds. The number of amides is 1. The number of hydrogen-bond acceptors (Lipinski definition) is 3. The van der Waals surface area contributed by atoms with Crippen LogP contribution in [0.4, 0.5) is 0 Å². The van der Waals surface area contributed by atoms with Gasteiger partial charge >= 0.3 is 0 Å². The Hall–Kier alpha value is -1.42. The van der Waals surface area contributed by atoms with E-state index in [2.05, 4.69) is 10.3 Å². The first kappa shape index (κ1) is 12.0. The molecule has 1 aliphatic heterocycles. The second-order valence-corrected chi connectivity index (χ2v) is 4.95. The van der Waals surface area contributed by atoms with E-state index >= 15 is 0 Å². The third kappa shape index (κ3) is 2.31. The van der Waals surface area contributed by atoms with E-state index in [4.69, 9.17) is 4.74 Å². The van der Waals surface area contributed by atoms with Gasteiger partial charge in [0, 0.05) is 6.20 Å². The molecule has 1 N–H and O–H groups in total. The molecular formula is C13H18N2O2. The van der Waals surface area contributed by atoms with Crippen LogP contribution in [0.25, 0.3) is 0 Å². The molecular weight excluding hydrogens is 216 g/mol. The lowest BCUT2D eigenvalue weighted by Crippen LogP contribution is -2.52. The zero-order valence-corrected chi connectivity index (χ0v) is 10.5. The van der Waals surface area contributed by atoms with E-state index in [1.165, 1.54) is 0 Å². The summed E-state index contributed by atoms with van der Waals surface area (Å²) >= 11 is 0. The van der Waals surface area contributed by atoms with Gasteiger partial charge in [-0.05, 0) is 32.4 Å². The summed E-state index contributed by atoms with van der Waals surface area (Å²) in [5, 5.41) is 3.00. The van der Waals surface area contributed by atoms with E-state index in [0.29, 0.717) is 13.2 Å². The van der Waals surface area contributed by atoms with Gasteiger partial charge in [-0.25, -0.2) is 0 Å². The molecule has 17 heavy (non-hydrogen) atoms. The lowest BCUT2D eigenvalue weighted by atomic mass is 9.87. The van der Waals surface area contributed by atoms with Crippen LogP contribution in [0.2, 0.25) is 0 Å². The molecule has 0 spiro atoms. The van der Waals surface area contributed by atoms with Gasteiger partial charge in [-0.1, -0.05) is 6.07 Å². The van der Waals surface area contributed by atoms with Gasteiger partial charge in [0.1, 0.15) is 0 Å². The fourth-order valence-electron chi connectivity index (χ4n) is 1.93. The SMILES string of the molecule is Cc1cccnc1C(C)NC(=O)C1(C)COC1. The molecule has 1 aromatic rings. The number of carbonyl (C=O) groups is 1. The number of rotatable bonds is 3. The highest BCUT2D eigenvalue weighted by Gasteiger charge is 2.41. The number of pyridine rings is 1. The largest absolute Gasteiger partial charge is 0.379 e. The molecule has 0 bridgehead atoms. The standard InChI is InChI=1S/C13H18N2O2/c1-9-5-4-6-14-11(9)10(2)15-12(16)13(3)7-17-8-13/h4-6,10H,7-8H2,1-3H3,(H,15,16). The number of nitrogens with zero attached hydrogens (tertiary/aromatic N) is 1. The van der Waals surface area contributed by atoms with Crippen molar-refractivity contribution < 1.29 is 9.53 Å². The summed E-state index contributed by atoms with van der Waals surface area (Å²) in [5.41, 5.74) is 1.65. The number of carbonyl (C=O) groups excluding carboxylic acids is 1. The van der Waals surface area contributed by atoms with E-state index in [-0.39, 0.29) is 17.4 Å². The summed E-state index contributed by atoms with van der Waals surface area (Å²) in [5.74, 6) is 0.0429. The van der Waals surface area contributed by atoms with Crippen molar-refractivity contribution in [3.63, 3.8) is 0 Å². The highest BCUT2D eigenvalue weighted by Crippen LogP contribution is 2.27. The highest BCUT2D eigenvalue weighted by molar-refractivity contribution is 5.83. The van der Waals surface area contributed by atoms with Crippen molar-refractivity contribution in [2.24, 2.45) is 5.41 Å². The molecule has 2 rings (SSSR count). The molecule has 1 fully saturated rings. The van der Waals surface area contributed by atoms with Crippen LogP contribution in [0.3, 0.4) is 0 Å². The van der Waals surface area contributed by atoms with Gasteiger partial charge in [0.15, 0.2) is 0 Å². The second-order valence-electron chi connectivity index (χ2n) is 4.95. The Morgan fingerprint density at radius 1 is 1.59 bits per heavy atom. The lowest BCUT2D eigenvalue weighted by Gasteiger charge is -2.37. The van der Waals surface area contributed by atoms with E-state index < -0.39 is 0 Å². The van der Waals surface area contributed by atoms with Crippen molar-refractivity contribution in [1.29, 1.82) is 0 Å². The van der Waals surface area contributed by atoms with Crippen LogP contribution in [-0.2, 0) is 9.53 Å². The second kappa shape index (κ2) is 4.45. The minimum Gasteiger partial charge on any atom is -0.379 e. The Balaban J connectivity index is 2.04. The maximum atomic E-state index is 12.0. The van der Waals surface area contributed by atoms with Crippen LogP contribution < -0.4 is 5.32 Å². The van der Waals surface area contributed by atoms with Crippen molar-refractivity contribution in [3.8, 4) is 0 Å². The fraction of sp³-hybridized carbons (Fsp3) is 0.538. The quantitative estimate of drug-likeness (QED) is 0.864. The van der Waals surface area contributed by atoms with Gasteiger partial charge in [-0.15, -0.1) is 0 Å². The maximum Gasteiger partial charge on any atom is 0.231 e. The Bertz CT molecular complexity index is 427. The molecule has 0 saturated carbocycles. The minimum atomic E-state index is -0.364. The molecule has 1 saturated heterocycles. The Kier molecular flexibility index (Phi) is 3.15. The van der Waals surface area contributed by atoms with E-state index in [9.17, 15) is 4.79 Å². The van der Waals surface area contributed by atoms with Gasteiger partial charge in [-0.2, -0.15) is 0 Å². The van der Waals surface area contributed by atoms with Crippen molar-refractivity contribution in [3.05, 3.63) is 29.6 Å². The molecule has 1 aliphatic rings. The Labute approximate surface area is 101 Å². The summed E-state index contributed by atoms with van der Waals surface area (Å²) in [6.45, 7) is 6.89. The smallest absolute Gasteiger partial charge is 0.231 e. The summed E-state index contributed by atoms with van der Waals surface area (Å²) < 4.78 is 5.09. The fourth-order valence-corrected chi connectivity index (χ4v) is 1.93. The molecule has 4 nitrogen and oxygen atoms in total. The van der Waals surface area contributed by atoms with E-state index in [1.807, 2.05) is 32.9 Å². The molecule has 0 aliphatic carbocycles.